The molecule has 0 saturated heterocycles. The molecule has 0 atom stereocenters. The van der Waals surface area contributed by atoms with Crippen LogP contribution in [0.2, 0.25) is 0 Å². The van der Waals surface area contributed by atoms with Crippen molar-refractivity contribution >= 4 is 6.03 Å². The molecule has 2 aromatic rings. The number of aliphatic hydroxyl groups excluding tert-OH is 1. The fourth-order valence-corrected chi connectivity index (χ4v) is 2.52. The van der Waals surface area contributed by atoms with E-state index in [1.807, 2.05) is 54.6 Å². The van der Waals surface area contributed by atoms with Crippen molar-refractivity contribution in [2.75, 3.05) is 13.2 Å². The summed E-state index contributed by atoms with van der Waals surface area (Å²) in [5.41, 5.74) is 1.00. The normalized spacial score (nSPS) is 13.4. The average molecular weight is 326 g/mol. The number of benzene rings is 2. The van der Waals surface area contributed by atoms with Crippen LogP contribution in [0.5, 0.6) is 11.5 Å². The molecule has 0 spiro atoms. The van der Waals surface area contributed by atoms with Gasteiger partial charge in [0.2, 0.25) is 0 Å². The number of hydrogen-bond acceptors (Lipinski definition) is 3. The van der Waals surface area contributed by atoms with Crippen LogP contribution in [0.25, 0.3) is 0 Å². The van der Waals surface area contributed by atoms with Crippen molar-refractivity contribution < 1.29 is 14.6 Å². The first kappa shape index (κ1) is 16.3. The van der Waals surface area contributed by atoms with Crippen molar-refractivity contribution in [1.82, 2.24) is 10.2 Å². The fourth-order valence-electron chi connectivity index (χ4n) is 2.52. The SMILES string of the molecule is O=C(NCc1ccc(Oc2ccccc2)cc1)N(CCO)C1CC1. The summed E-state index contributed by atoms with van der Waals surface area (Å²) in [7, 11) is 0. The number of carbonyl (C=O) groups is 1. The van der Waals surface area contributed by atoms with Gasteiger partial charge in [0.15, 0.2) is 0 Å². The molecular weight excluding hydrogens is 304 g/mol. The molecule has 24 heavy (non-hydrogen) atoms. The van der Waals surface area contributed by atoms with Gasteiger partial charge in [0.05, 0.1) is 6.61 Å². The summed E-state index contributed by atoms with van der Waals surface area (Å²) in [6.45, 7) is 0.842. The molecule has 1 aliphatic rings. The number of nitrogens with one attached hydrogen (secondary N) is 1. The van der Waals surface area contributed by atoms with Gasteiger partial charge in [-0.15, -0.1) is 0 Å². The standard InChI is InChI=1S/C19H22N2O3/c22-13-12-21(16-8-9-16)19(23)20-14-15-6-10-18(11-7-15)24-17-4-2-1-3-5-17/h1-7,10-11,16,22H,8-9,12-14H2,(H,20,23). The highest BCUT2D eigenvalue weighted by molar-refractivity contribution is 5.74. The number of hydrogen-bond donors (Lipinski definition) is 2. The van der Waals surface area contributed by atoms with Gasteiger partial charge in [0.1, 0.15) is 11.5 Å². The molecule has 0 aromatic heterocycles. The molecule has 0 bridgehead atoms. The van der Waals surface area contributed by atoms with Crippen LogP contribution in [0.1, 0.15) is 18.4 Å². The summed E-state index contributed by atoms with van der Waals surface area (Å²) in [6.07, 6.45) is 2.05. The second-order valence-electron chi connectivity index (χ2n) is 5.87. The van der Waals surface area contributed by atoms with Crippen LogP contribution in [-0.2, 0) is 6.54 Å². The van der Waals surface area contributed by atoms with Crippen molar-refractivity contribution in [3.8, 4) is 11.5 Å². The van der Waals surface area contributed by atoms with Crippen LogP contribution < -0.4 is 10.1 Å². The maximum absolute atomic E-state index is 12.2. The third-order valence-corrected chi connectivity index (χ3v) is 3.94. The van der Waals surface area contributed by atoms with Gasteiger partial charge < -0.3 is 20.1 Å². The van der Waals surface area contributed by atoms with Crippen LogP contribution >= 0.6 is 0 Å². The van der Waals surface area contributed by atoms with Crippen LogP contribution in [-0.4, -0.2) is 35.2 Å². The summed E-state index contributed by atoms with van der Waals surface area (Å²) < 4.78 is 5.75. The van der Waals surface area contributed by atoms with E-state index in [0.717, 1.165) is 29.9 Å². The predicted molar refractivity (Wildman–Crippen MR) is 92.0 cm³/mol. The fraction of sp³-hybridized carbons (Fsp3) is 0.316. The van der Waals surface area contributed by atoms with Gasteiger partial charge in [-0.3, -0.25) is 0 Å². The summed E-state index contributed by atoms with van der Waals surface area (Å²) in [4.78, 5) is 13.9. The van der Waals surface area contributed by atoms with E-state index in [-0.39, 0.29) is 12.6 Å². The Hall–Kier alpha value is -2.53. The lowest BCUT2D eigenvalue weighted by atomic mass is 10.2. The average Bonchev–Trinajstić information content (AvgIpc) is 3.44. The molecule has 1 fully saturated rings. The smallest absolute Gasteiger partial charge is 0.317 e. The van der Waals surface area contributed by atoms with Gasteiger partial charge in [-0.2, -0.15) is 0 Å². The first-order valence-electron chi connectivity index (χ1n) is 8.23. The Morgan fingerprint density at radius 3 is 2.38 bits per heavy atom. The summed E-state index contributed by atoms with van der Waals surface area (Å²) in [5.74, 6) is 1.55. The van der Waals surface area contributed by atoms with Gasteiger partial charge in [-0.1, -0.05) is 30.3 Å². The summed E-state index contributed by atoms with van der Waals surface area (Å²) in [5, 5.41) is 12.0. The highest BCUT2D eigenvalue weighted by Gasteiger charge is 2.31. The Morgan fingerprint density at radius 2 is 1.75 bits per heavy atom. The van der Waals surface area contributed by atoms with Crippen LogP contribution in [0.15, 0.2) is 54.6 Å². The quantitative estimate of drug-likeness (QED) is 0.822. The number of nitrogens with zero attached hydrogens (tertiary/aromatic N) is 1. The molecule has 1 aliphatic carbocycles. The Kier molecular flexibility index (Phi) is 5.33. The van der Waals surface area contributed by atoms with Crippen LogP contribution in [0.3, 0.4) is 0 Å². The van der Waals surface area contributed by atoms with Crippen molar-refractivity contribution in [1.29, 1.82) is 0 Å². The van der Waals surface area contributed by atoms with Crippen molar-refractivity contribution in [3.63, 3.8) is 0 Å². The number of para-hydroxylation sites is 1. The molecule has 0 heterocycles. The van der Waals surface area contributed by atoms with E-state index >= 15 is 0 Å². The highest BCUT2D eigenvalue weighted by atomic mass is 16.5. The topological polar surface area (TPSA) is 61.8 Å². The van der Waals surface area contributed by atoms with Crippen molar-refractivity contribution in [2.24, 2.45) is 0 Å². The Morgan fingerprint density at radius 1 is 1.08 bits per heavy atom. The monoisotopic (exact) mass is 326 g/mol. The van der Waals surface area contributed by atoms with E-state index < -0.39 is 0 Å². The van der Waals surface area contributed by atoms with Crippen LogP contribution in [0, 0.1) is 0 Å². The minimum Gasteiger partial charge on any atom is -0.457 e. The Bertz CT molecular complexity index is 654. The lowest BCUT2D eigenvalue weighted by molar-refractivity contribution is 0.173. The zero-order valence-electron chi connectivity index (χ0n) is 13.5. The molecule has 2 amide bonds. The molecule has 5 heteroatoms. The highest BCUT2D eigenvalue weighted by Crippen LogP contribution is 2.26. The zero-order valence-corrected chi connectivity index (χ0v) is 13.5. The van der Waals surface area contributed by atoms with E-state index in [0.29, 0.717) is 19.1 Å². The lowest BCUT2D eigenvalue weighted by Crippen LogP contribution is -2.42. The molecule has 126 valence electrons. The maximum atomic E-state index is 12.2. The summed E-state index contributed by atoms with van der Waals surface area (Å²) >= 11 is 0. The first-order valence-corrected chi connectivity index (χ1v) is 8.23. The van der Waals surface area contributed by atoms with E-state index in [1.165, 1.54) is 0 Å². The Labute approximate surface area is 141 Å². The zero-order chi connectivity index (χ0) is 16.8. The molecule has 0 unspecified atom stereocenters. The molecule has 3 rings (SSSR count). The third-order valence-electron chi connectivity index (χ3n) is 3.94. The second kappa shape index (κ2) is 7.84. The molecule has 1 saturated carbocycles. The number of carbonyl (C=O) groups excluding carboxylic acids is 1. The minimum absolute atomic E-state index is 0.00452. The number of amides is 2. The van der Waals surface area contributed by atoms with Gasteiger partial charge >= 0.3 is 6.03 Å². The summed E-state index contributed by atoms with van der Waals surface area (Å²) in [6, 6.07) is 17.4. The van der Waals surface area contributed by atoms with E-state index in [2.05, 4.69) is 5.32 Å². The van der Waals surface area contributed by atoms with Gasteiger partial charge in [-0.25, -0.2) is 4.79 Å². The molecule has 2 aromatic carbocycles. The molecular formula is C19H22N2O3. The third kappa shape index (κ3) is 4.49. The number of aliphatic hydroxyl groups is 1. The van der Waals surface area contributed by atoms with Crippen molar-refractivity contribution in [2.45, 2.75) is 25.4 Å². The largest absolute Gasteiger partial charge is 0.457 e. The molecule has 0 aliphatic heterocycles. The number of ether oxygens (including phenoxy) is 1. The van der Waals surface area contributed by atoms with Crippen molar-refractivity contribution in [3.05, 3.63) is 60.2 Å². The first-order chi connectivity index (χ1) is 11.8. The molecule has 0 radical (unpaired) electrons. The number of rotatable bonds is 7. The van der Waals surface area contributed by atoms with Gasteiger partial charge in [0.25, 0.3) is 0 Å². The predicted octanol–water partition coefficient (Wildman–Crippen LogP) is 3.15. The maximum Gasteiger partial charge on any atom is 0.317 e. The van der Waals surface area contributed by atoms with Gasteiger partial charge in [-0.05, 0) is 42.7 Å². The Balaban J connectivity index is 1.51. The molecule has 2 N–H and O–H groups in total. The van der Waals surface area contributed by atoms with E-state index in [1.54, 1.807) is 4.90 Å². The lowest BCUT2D eigenvalue weighted by Gasteiger charge is -2.21. The minimum atomic E-state index is -0.115. The molecule has 5 nitrogen and oxygen atoms in total. The second-order valence-corrected chi connectivity index (χ2v) is 5.87. The van der Waals surface area contributed by atoms with Crippen LogP contribution in [0.4, 0.5) is 4.79 Å². The van der Waals surface area contributed by atoms with Gasteiger partial charge in [0, 0.05) is 19.1 Å². The number of urea groups is 1. The van der Waals surface area contributed by atoms with E-state index in [4.69, 9.17) is 9.84 Å². The van der Waals surface area contributed by atoms with E-state index in [9.17, 15) is 4.79 Å².